The topological polar surface area (TPSA) is 26.3 Å². The van der Waals surface area contributed by atoms with E-state index in [1.807, 2.05) is 18.2 Å². The Balaban J connectivity index is 2.49. The van der Waals surface area contributed by atoms with Gasteiger partial charge in [-0.05, 0) is 36.1 Å². The van der Waals surface area contributed by atoms with E-state index in [9.17, 15) is 4.79 Å². The molecule has 1 aliphatic rings. The number of allylic oxidation sites excluding steroid dienone is 1. The lowest BCUT2D eigenvalue weighted by Crippen LogP contribution is -2.09. The molecule has 0 aromatic heterocycles. The number of ether oxygens (including phenoxy) is 1. The van der Waals surface area contributed by atoms with Crippen LogP contribution < -0.4 is 0 Å². The van der Waals surface area contributed by atoms with Crippen molar-refractivity contribution in [1.82, 2.24) is 0 Å². The molecule has 0 saturated heterocycles. The minimum atomic E-state index is -0.256. The van der Waals surface area contributed by atoms with Gasteiger partial charge < -0.3 is 4.74 Å². The molecule has 1 aliphatic carbocycles. The van der Waals surface area contributed by atoms with Gasteiger partial charge in [-0.2, -0.15) is 0 Å². The van der Waals surface area contributed by atoms with E-state index in [4.69, 9.17) is 4.74 Å². The molecule has 0 radical (unpaired) electrons. The van der Waals surface area contributed by atoms with E-state index < -0.39 is 0 Å². The molecule has 0 heterocycles. The van der Waals surface area contributed by atoms with E-state index in [0.29, 0.717) is 5.57 Å². The Bertz CT molecular complexity index is 435. The molecular formula is C12H11BrO2. The minimum absolute atomic E-state index is 0.256. The molecule has 0 unspecified atom stereocenters. The molecule has 0 fully saturated rings. The summed E-state index contributed by atoms with van der Waals surface area (Å²) >= 11 is 3.41. The summed E-state index contributed by atoms with van der Waals surface area (Å²) in [6, 6.07) is 6.02. The third kappa shape index (κ3) is 1.97. The highest BCUT2D eigenvalue weighted by Crippen LogP contribution is 2.29. The molecule has 0 bridgehead atoms. The Morgan fingerprint density at radius 2 is 2.27 bits per heavy atom. The zero-order chi connectivity index (χ0) is 10.8. The first-order valence-corrected chi connectivity index (χ1v) is 5.59. The summed E-state index contributed by atoms with van der Waals surface area (Å²) < 4.78 is 5.75. The van der Waals surface area contributed by atoms with E-state index in [0.717, 1.165) is 22.9 Å². The molecule has 0 aliphatic heterocycles. The van der Waals surface area contributed by atoms with Crippen LogP contribution in [0.15, 0.2) is 28.7 Å². The van der Waals surface area contributed by atoms with Crippen molar-refractivity contribution in [1.29, 1.82) is 0 Å². The maximum atomic E-state index is 11.5. The second-order valence-corrected chi connectivity index (χ2v) is 4.37. The molecule has 1 aromatic carbocycles. The smallest absolute Gasteiger partial charge is 0.338 e. The third-order valence-corrected chi connectivity index (χ3v) is 3.02. The number of halogens is 1. The fraction of sp³-hybridized carbons (Fsp3) is 0.250. The van der Waals surface area contributed by atoms with Crippen LogP contribution in [0, 0.1) is 0 Å². The number of carbonyl (C=O) groups excluding carboxylic acids is 1. The normalized spacial score (nSPS) is 14.1. The van der Waals surface area contributed by atoms with Crippen molar-refractivity contribution in [2.75, 3.05) is 7.11 Å². The SMILES string of the molecule is COC(=O)C1=CCCc2ccc(Br)cc21. The molecule has 1 aromatic rings. The summed E-state index contributed by atoms with van der Waals surface area (Å²) in [7, 11) is 1.41. The van der Waals surface area contributed by atoms with Gasteiger partial charge in [-0.25, -0.2) is 4.79 Å². The van der Waals surface area contributed by atoms with Crippen molar-refractivity contribution in [2.24, 2.45) is 0 Å². The Hall–Kier alpha value is -1.09. The number of hydrogen-bond donors (Lipinski definition) is 0. The monoisotopic (exact) mass is 266 g/mol. The van der Waals surface area contributed by atoms with Gasteiger partial charge in [0.2, 0.25) is 0 Å². The van der Waals surface area contributed by atoms with E-state index in [1.54, 1.807) is 0 Å². The molecule has 0 N–H and O–H groups in total. The molecule has 15 heavy (non-hydrogen) atoms. The maximum Gasteiger partial charge on any atom is 0.338 e. The highest BCUT2D eigenvalue weighted by atomic mass is 79.9. The zero-order valence-corrected chi connectivity index (χ0v) is 10.0. The Labute approximate surface area is 97.1 Å². The van der Waals surface area contributed by atoms with Crippen LogP contribution in [-0.4, -0.2) is 13.1 Å². The van der Waals surface area contributed by atoms with Crippen LogP contribution in [0.5, 0.6) is 0 Å². The summed E-state index contributed by atoms with van der Waals surface area (Å²) in [4.78, 5) is 11.5. The van der Waals surface area contributed by atoms with E-state index in [1.165, 1.54) is 12.7 Å². The molecule has 0 amide bonds. The summed E-state index contributed by atoms with van der Waals surface area (Å²) in [6.45, 7) is 0. The van der Waals surface area contributed by atoms with Crippen molar-refractivity contribution in [3.05, 3.63) is 39.9 Å². The van der Waals surface area contributed by atoms with Crippen molar-refractivity contribution in [2.45, 2.75) is 12.8 Å². The Morgan fingerprint density at radius 3 is 3.00 bits per heavy atom. The number of esters is 1. The van der Waals surface area contributed by atoms with Gasteiger partial charge >= 0.3 is 5.97 Å². The quantitative estimate of drug-likeness (QED) is 0.731. The molecule has 2 nitrogen and oxygen atoms in total. The second-order valence-electron chi connectivity index (χ2n) is 3.45. The second kappa shape index (κ2) is 4.19. The minimum Gasteiger partial charge on any atom is -0.465 e. The largest absolute Gasteiger partial charge is 0.465 e. The van der Waals surface area contributed by atoms with Gasteiger partial charge in [0.15, 0.2) is 0 Å². The zero-order valence-electron chi connectivity index (χ0n) is 8.42. The van der Waals surface area contributed by atoms with Crippen LogP contribution in [0.4, 0.5) is 0 Å². The van der Waals surface area contributed by atoms with Crippen molar-refractivity contribution in [3.63, 3.8) is 0 Å². The number of benzene rings is 1. The predicted octanol–water partition coefficient (Wildman–Crippen LogP) is 2.95. The number of methoxy groups -OCH3 is 1. The molecule has 0 spiro atoms. The van der Waals surface area contributed by atoms with E-state index >= 15 is 0 Å². The standard InChI is InChI=1S/C12H11BrO2/c1-15-12(14)10-4-2-3-8-5-6-9(13)7-11(8)10/h4-7H,2-3H2,1H3. The number of carbonyl (C=O) groups is 1. The van der Waals surface area contributed by atoms with Crippen molar-refractivity contribution < 1.29 is 9.53 Å². The lowest BCUT2D eigenvalue weighted by atomic mass is 9.91. The van der Waals surface area contributed by atoms with Crippen LogP contribution >= 0.6 is 15.9 Å². The number of aryl methyl sites for hydroxylation is 1. The maximum absolute atomic E-state index is 11.5. The van der Waals surface area contributed by atoms with Crippen molar-refractivity contribution >= 4 is 27.5 Å². The molecule has 0 saturated carbocycles. The fourth-order valence-electron chi connectivity index (χ4n) is 1.80. The molecule has 78 valence electrons. The van der Waals surface area contributed by atoms with Gasteiger partial charge in [-0.3, -0.25) is 0 Å². The highest BCUT2D eigenvalue weighted by Gasteiger charge is 2.19. The lowest BCUT2D eigenvalue weighted by Gasteiger charge is -2.16. The first-order chi connectivity index (χ1) is 7.22. The number of hydrogen-bond acceptors (Lipinski definition) is 2. The molecule has 2 rings (SSSR count). The first-order valence-electron chi connectivity index (χ1n) is 4.79. The third-order valence-electron chi connectivity index (χ3n) is 2.53. The van der Waals surface area contributed by atoms with Gasteiger partial charge in [0.1, 0.15) is 0 Å². The van der Waals surface area contributed by atoms with Crippen LogP contribution in [0.2, 0.25) is 0 Å². The van der Waals surface area contributed by atoms with Crippen LogP contribution in [0.3, 0.4) is 0 Å². The van der Waals surface area contributed by atoms with Crippen LogP contribution in [0.25, 0.3) is 5.57 Å². The summed E-state index contributed by atoms with van der Waals surface area (Å²) in [6.07, 6.45) is 3.84. The summed E-state index contributed by atoms with van der Waals surface area (Å²) in [5.74, 6) is -0.256. The fourth-order valence-corrected chi connectivity index (χ4v) is 2.16. The highest BCUT2D eigenvalue weighted by molar-refractivity contribution is 9.10. The Morgan fingerprint density at radius 1 is 1.47 bits per heavy atom. The predicted molar refractivity (Wildman–Crippen MR) is 62.5 cm³/mol. The number of fused-ring (bicyclic) bond motifs is 1. The molecular weight excluding hydrogens is 256 g/mol. The Kier molecular flexibility index (Phi) is 2.91. The average molecular weight is 267 g/mol. The van der Waals surface area contributed by atoms with Gasteiger partial charge in [0, 0.05) is 4.47 Å². The van der Waals surface area contributed by atoms with Gasteiger partial charge in [-0.1, -0.05) is 28.1 Å². The molecule has 3 heteroatoms. The van der Waals surface area contributed by atoms with E-state index in [2.05, 4.69) is 22.0 Å². The van der Waals surface area contributed by atoms with E-state index in [-0.39, 0.29) is 5.97 Å². The van der Waals surface area contributed by atoms with Crippen LogP contribution in [-0.2, 0) is 16.0 Å². The number of rotatable bonds is 1. The summed E-state index contributed by atoms with van der Waals surface area (Å²) in [5.41, 5.74) is 2.88. The lowest BCUT2D eigenvalue weighted by molar-refractivity contribution is -0.133. The van der Waals surface area contributed by atoms with Gasteiger partial charge in [0.25, 0.3) is 0 Å². The van der Waals surface area contributed by atoms with Crippen molar-refractivity contribution in [3.8, 4) is 0 Å². The van der Waals surface area contributed by atoms with Crippen LogP contribution in [0.1, 0.15) is 17.5 Å². The summed E-state index contributed by atoms with van der Waals surface area (Å²) in [5, 5.41) is 0. The molecule has 0 atom stereocenters. The first kappa shape index (κ1) is 10.4. The van der Waals surface area contributed by atoms with Gasteiger partial charge in [0.05, 0.1) is 12.7 Å². The van der Waals surface area contributed by atoms with Gasteiger partial charge in [-0.15, -0.1) is 0 Å². The average Bonchev–Trinajstić information content (AvgIpc) is 2.27.